The van der Waals surface area contributed by atoms with Gasteiger partial charge in [0.1, 0.15) is 0 Å². The fraction of sp³-hybridized carbons (Fsp3) is 0.333. The molecule has 1 aromatic carbocycles. The largest absolute Gasteiger partial charge is 0.349 e. The van der Waals surface area contributed by atoms with E-state index in [9.17, 15) is 9.59 Å². The van der Waals surface area contributed by atoms with Crippen LogP contribution in [0.4, 0.5) is 5.69 Å². The molecule has 2 amide bonds. The molecule has 3 aromatic rings. The summed E-state index contributed by atoms with van der Waals surface area (Å²) in [5, 5.41) is 10.7. The van der Waals surface area contributed by atoms with Crippen molar-refractivity contribution in [2.75, 3.05) is 5.32 Å². The van der Waals surface area contributed by atoms with Crippen molar-refractivity contribution in [1.29, 1.82) is 0 Å². The number of amides is 2. The zero-order valence-electron chi connectivity index (χ0n) is 18.0. The van der Waals surface area contributed by atoms with Crippen LogP contribution >= 0.6 is 11.6 Å². The van der Waals surface area contributed by atoms with Gasteiger partial charge in [0.2, 0.25) is 0 Å². The van der Waals surface area contributed by atoms with Crippen LogP contribution in [0.3, 0.4) is 0 Å². The van der Waals surface area contributed by atoms with Gasteiger partial charge in [-0.3, -0.25) is 9.59 Å². The van der Waals surface area contributed by atoms with Crippen molar-refractivity contribution >= 4 is 29.1 Å². The van der Waals surface area contributed by atoms with Crippen LogP contribution in [0.25, 0.3) is 5.82 Å². The van der Waals surface area contributed by atoms with Crippen molar-refractivity contribution in [3.63, 3.8) is 0 Å². The maximum absolute atomic E-state index is 13.0. The number of pyridine rings is 1. The summed E-state index contributed by atoms with van der Waals surface area (Å²) in [5.74, 6) is 0.136. The van der Waals surface area contributed by atoms with E-state index in [2.05, 4.69) is 20.7 Å². The first-order valence-electron chi connectivity index (χ1n) is 11.0. The van der Waals surface area contributed by atoms with Gasteiger partial charge in [-0.05, 0) is 49.6 Å². The van der Waals surface area contributed by atoms with E-state index in [1.807, 2.05) is 25.1 Å². The van der Waals surface area contributed by atoms with Crippen LogP contribution in [0.1, 0.15) is 65.4 Å². The van der Waals surface area contributed by atoms with Crippen molar-refractivity contribution in [1.82, 2.24) is 20.1 Å². The standard InChI is InChI=1S/C24H26ClN5O2/c1-2-21-19(15-27-30(21)22-10-6-7-13-26-22)24(32)29-17-11-12-20(25)18(14-17)23(31)28-16-8-4-3-5-9-16/h6-7,10-16H,2-5,8-9H2,1H3,(H,28,31)(H,29,32). The topological polar surface area (TPSA) is 88.9 Å². The summed E-state index contributed by atoms with van der Waals surface area (Å²) in [6.07, 6.45) is 9.26. The summed E-state index contributed by atoms with van der Waals surface area (Å²) in [4.78, 5) is 30.1. The fourth-order valence-electron chi connectivity index (χ4n) is 4.07. The minimum atomic E-state index is -0.301. The molecule has 2 heterocycles. The smallest absolute Gasteiger partial charge is 0.259 e. The second-order valence-corrected chi connectivity index (χ2v) is 8.32. The number of hydrogen-bond acceptors (Lipinski definition) is 4. The number of nitrogens with one attached hydrogen (secondary N) is 2. The Kier molecular flexibility index (Phi) is 6.85. The molecule has 2 aromatic heterocycles. The Hall–Kier alpha value is -3.19. The molecule has 166 valence electrons. The van der Waals surface area contributed by atoms with Crippen LogP contribution in [0.5, 0.6) is 0 Å². The van der Waals surface area contributed by atoms with Gasteiger partial charge in [0.25, 0.3) is 11.8 Å². The number of halogens is 1. The lowest BCUT2D eigenvalue weighted by atomic mass is 9.95. The molecule has 0 aliphatic heterocycles. The Balaban J connectivity index is 1.52. The number of anilines is 1. The SMILES string of the molecule is CCc1c(C(=O)Nc2ccc(Cl)c(C(=O)NC3CCCCC3)c2)cnn1-c1ccccn1. The minimum Gasteiger partial charge on any atom is -0.349 e. The molecule has 2 N–H and O–H groups in total. The molecule has 7 nitrogen and oxygen atoms in total. The molecule has 0 radical (unpaired) electrons. The fourth-order valence-corrected chi connectivity index (χ4v) is 4.27. The van der Waals surface area contributed by atoms with Gasteiger partial charge in [0, 0.05) is 17.9 Å². The monoisotopic (exact) mass is 451 g/mol. The van der Waals surface area contributed by atoms with Crippen LogP contribution in [0.15, 0.2) is 48.8 Å². The van der Waals surface area contributed by atoms with E-state index < -0.39 is 0 Å². The number of carbonyl (C=O) groups excluding carboxylic acids is 2. The van der Waals surface area contributed by atoms with Crippen molar-refractivity contribution < 1.29 is 9.59 Å². The van der Waals surface area contributed by atoms with Crippen LogP contribution in [0, 0.1) is 0 Å². The van der Waals surface area contributed by atoms with E-state index in [4.69, 9.17) is 11.6 Å². The highest BCUT2D eigenvalue weighted by atomic mass is 35.5. The first-order chi connectivity index (χ1) is 15.6. The van der Waals surface area contributed by atoms with E-state index >= 15 is 0 Å². The highest BCUT2D eigenvalue weighted by Crippen LogP contribution is 2.24. The third-order valence-corrected chi connectivity index (χ3v) is 6.05. The highest BCUT2D eigenvalue weighted by Gasteiger charge is 2.21. The summed E-state index contributed by atoms with van der Waals surface area (Å²) < 4.78 is 1.67. The van der Waals surface area contributed by atoms with E-state index in [0.717, 1.165) is 31.4 Å². The zero-order chi connectivity index (χ0) is 22.5. The Morgan fingerprint density at radius 1 is 1.09 bits per heavy atom. The Labute approximate surface area is 192 Å². The molecule has 1 aliphatic carbocycles. The first-order valence-corrected chi connectivity index (χ1v) is 11.3. The summed E-state index contributed by atoms with van der Waals surface area (Å²) in [5.41, 5.74) is 2.07. The van der Waals surface area contributed by atoms with Crippen LogP contribution in [-0.2, 0) is 6.42 Å². The van der Waals surface area contributed by atoms with Crippen molar-refractivity contribution in [2.45, 2.75) is 51.5 Å². The molecule has 0 saturated heterocycles. The molecule has 0 atom stereocenters. The molecule has 32 heavy (non-hydrogen) atoms. The second kappa shape index (κ2) is 9.96. The normalized spacial score (nSPS) is 14.2. The van der Waals surface area contributed by atoms with Gasteiger partial charge in [0.15, 0.2) is 5.82 Å². The minimum absolute atomic E-state index is 0.176. The third-order valence-electron chi connectivity index (χ3n) is 5.72. The number of nitrogens with zero attached hydrogens (tertiary/aromatic N) is 3. The van der Waals surface area contributed by atoms with Crippen molar-refractivity contribution in [3.8, 4) is 5.82 Å². The number of hydrogen-bond donors (Lipinski definition) is 2. The molecule has 4 rings (SSSR count). The maximum Gasteiger partial charge on any atom is 0.259 e. The summed E-state index contributed by atoms with van der Waals surface area (Å²) in [7, 11) is 0. The average Bonchev–Trinajstić information content (AvgIpc) is 3.26. The summed E-state index contributed by atoms with van der Waals surface area (Å²) in [6.45, 7) is 1.96. The van der Waals surface area contributed by atoms with Crippen LogP contribution in [0.2, 0.25) is 5.02 Å². The van der Waals surface area contributed by atoms with Gasteiger partial charge in [-0.1, -0.05) is 43.9 Å². The summed E-state index contributed by atoms with van der Waals surface area (Å²) >= 11 is 6.29. The lowest BCUT2D eigenvalue weighted by Gasteiger charge is -2.23. The lowest BCUT2D eigenvalue weighted by molar-refractivity contribution is 0.0926. The van der Waals surface area contributed by atoms with Gasteiger partial charge < -0.3 is 10.6 Å². The van der Waals surface area contributed by atoms with Crippen LogP contribution in [-0.4, -0.2) is 32.6 Å². The van der Waals surface area contributed by atoms with Crippen molar-refractivity contribution in [3.05, 3.63) is 70.6 Å². The van der Waals surface area contributed by atoms with Crippen LogP contribution < -0.4 is 10.6 Å². The molecule has 1 fully saturated rings. The molecule has 0 bridgehead atoms. The third kappa shape index (κ3) is 4.83. The van der Waals surface area contributed by atoms with Crippen molar-refractivity contribution in [2.24, 2.45) is 0 Å². The summed E-state index contributed by atoms with van der Waals surface area (Å²) in [6, 6.07) is 10.6. The predicted molar refractivity (Wildman–Crippen MR) is 124 cm³/mol. The van der Waals surface area contributed by atoms with Gasteiger partial charge in [0.05, 0.1) is 28.0 Å². The van der Waals surface area contributed by atoms with E-state index in [-0.39, 0.29) is 17.9 Å². The zero-order valence-corrected chi connectivity index (χ0v) is 18.7. The Morgan fingerprint density at radius 3 is 2.62 bits per heavy atom. The van der Waals surface area contributed by atoms with E-state index in [1.54, 1.807) is 29.1 Å². The Morgan fingerprint density at radius 2 is 1.91 bits per heavy atom. The van der Waals surface area contributed by atoms with Gasteiger partial charge in [-0.25, -0.2) is 9.67 Å². The van der Waals surface area contributed by atoms with E-state index in [0.29, 0.717) is 34.1 Å². The molecule has 0 unspecified atom stereocenters. The highest BCUT2D eigenvalue weighted by molar-refractivity contribution is 6.34. The number of aromatic nitrogens is 3. The Bertz CT molecular complexity index is 1110. The number of benzene rings is 1. The lowest BCUT2D eigenvalue weighted by Crippen LogP contribution is -2.36. The van der Waals surface area contributed by atoms with Gasteiger partial charge >= 0.3 is 0 Å². The molecular weight excluding hydrogens is 426 g/mol. The number of carbonyl (C=O) groups is 2. The quantitative estimate of drug-likeness (QED) is 0.563. The molecular formula is C24H26ClN5O2. The molecule has 0 spiro atoms. The molecule has 8 heteroatoms. The first kappa shape index (κ1) is 22.0. The van der Waals surface area contributed by atoms with Gasteiger partial charge in [-0.2, -0.15) is 5.10 Å². The molecule has 1 saturated carbocycles. The number of rotatable bonds is 6. The van der Waals surface area contributed by atoms with Gasteiger partial charge in [-0.15, -0.1) is 0 Å². The molecule has 1 aliphatic rings. The second-order valence-electron chi connectivity index (χ2n) is 7.92. The maximum atomic E-state index is 13.0. The predicted octanol–water partition coefficient (Wildman–Crippen LogP) is 4.80. The average molecular weight is 452 g/mol. The van der Waals surface area contributed by atoms with E-state index in [1.165, 1.54) is 12.6 Å².